The summed E-state index contributed by atoms with van der Waals surface area (Å²) in [6, 6.07) is 7.13. The third-order valence-electron chi connectivity index (χ3n) is 6.71. The van der Waals surface area contributed by atoms with E-state index in [1.54, 1.807) is 66.5 Å². The lowest BCUT2D eigenvalue weighted by atomic mass is 10.2. The van der Waals surface area contributed by atoms with Crippen molar-refractivity contribution in [2.75, 3.05) is 37.1 Å². The predicted molar refractivity (Wildman–Crippen MR) is 162 cm³/mol. The monoisotopic (exact) mass is 645 g/mol. The topological polar surface area (TPSA) is 168 Å². The van der Waals surface area contributed by atoms with Crippen molar-refractivity contribution in [3.05, 3.63) is 48.7 Å². The van der Waals surface area contributed by atoms with Crippen LogP contribution in [0.25, 0.3) is 11.2 Å². The van der Waals surface area contributed by atoms with E-state index in [0.29, 0.717) is 41.5 Å². The Morgan fingerprint density at radius 3 is 2.62 bits per heavy atom. The Morgan fingerprint density at radius 2 is 1.91 bits per heavy atom. The maximum atomic E-state index is 15.1. The largest absolute Gasteiger partial charge is 0.478 e. The number of aromatic nitrogens is 6. The molecule has 0 saturated carbocycles. The van der Waals surface area contributed by atoms with Crippen molar-refractivity contribution < 1.29 is 31.3 Å². The molecule has 17 heteroatoms. The lowest BCUT2D eigenvalue weighted by molar-refractivity contribution is 0.0490. The molecule has 1 aliphatic rings. The second-order valence-corrected chi connectivity index (χ2v) is 13.0. The van der Waals surface area contributed by atoms with Gasteiger partial charge in [0.25, 0.3) is 16.0 Å². The van der Waals surface area contributed by atoms with Crippen LogP contribution in [-0.2, 0) is 25.6 Å². The molecule has 4 aromatic rings. The molecule has 1 saturated heterocycles. The number of imidazole rings is 1. The lowest BCUT2D eigenvalue weighted by Gasteiger charge is -2.23. The summed E-state index contributed by atoms with van der Waals surface area (Å²) < 4.78 is 59.0. The lowest BCUT2D eigenvalue weighted by Crippen LogP contribution is -2.44. The van der Waals surface area contributed by atoms with E-state index in [2.05, 4.69) is 30.7 Å². The van der Waals surface area contributed by atoms with E-state index < -0.39 is 34.0 Å². The molecule has 15 nitrogen and oxygen atoms in total. The van der Waals surface area contributed by atoms with E-state index in [4.69, 9.17) is 13.7 Å². The zero-order valence-corrected chi connectivity index (χ0v) is 26.4. The SMILES string of the molecule is COc1nn(CCCOS(=O)(=O)c2ccccc2)cc1Nc1nc(C)nc2ncn(N3C[C@@H](F)[C@H](NC(=O)OC(C)(C)C)C3)c12. The number of nitrogens with zero attached hydrogens (tertiary/aromatic N) is 7. The van der Waals surface area contributed by atoms with Crippen LogP contribution in [0.5, 0.6) is 5.88 Å². The van der Waals surface area contributed by atoms with E-state index in [1.807, 2.05) is 0 Å². The number of fused-ring (bicyclic) bond motifs is 1. The van der Waals surface area contributed by atoms with Crippen molar-refractivity contribution >= 4 is 38.9 Å². The molecule has 242 valence electrons. The first-order valence-corrected chi connectivity index (χ1v) is 15.7. The number of hydrogen-bond donors (Lipinski definition) is 2. The highest BCUT2D eigenvalue weighted by Crippen LogP contribution is 2.30. The first kappa shape index (κ1) is 31.9. The molecule has 4 heterocycles. The van der Waals surface area contributed by atoms with E-state index >= 15 is 4.39 Å². The van der Waals surface area contributed by atoms with Gasteiger partial charge in [0.15, 0.2) is 17.0 Å². The number of alkyl carbamates (subject to hydrolysis) is 1. The Hall–Kier alpha value is -4.51. The first-order valence-electron chi connectivity index (χ1n) is 14.3. The number of carbonyl (C=O) groups is 1. The Balaban J connectivity index is 1.30. The number of benzene rings is 1. The number of rotatable bonds is 11. The van der Waals surface area contributed by atoms with Gasteiger partial charge in [-0.25, -0.2) is 28.8 Å². The van der Waals surface area contributed by atoms with Crippen molar-refractivity contribution in [2.45, 2.75) is 63.4 Å². The van der Waals surface area contributed by atoms with Crippen molar-refractivity contribution in [1.82, 2.24) is 34.7 Å². The van der Waals surface area contributed by atoms with Gasteiger partial charge in [0.2, 0.25) is 0 Å². The van der Waals surface area contributed by atoms with Crippen LogP contribution in [-0.4, -0.2) is 88.5 Å². The molecule has 1 aromatic carbocycles. The third kappa shape index (κ3) is 7.59. The predicted octanol–water partition coefficient (Wildman–Crippen LogP) is 3.06. The van der Waals surface area contributed by atoms with Gasteiger partial charge < -0.3 is 25.1 Å². The van der Waals surface area contributed by atoms with Gasteiger partial charge in [-0.3, -0.25) is 8.86 Å². The number of carbonyl (C=O) groups excluding carboxylic acids is 1. The third-order valence-corrected chi connectivity index (χ3v) is 8.03. The molecule has 1 amide bonds. The summed E-state index contributed by atoms with van der Waals surface area (Å²) in [5.41, 5.74) is 0.639. The van der Waals surface area contributed by atoms with Crippen molar-refractivity contribution in [3.63, 3.8) is 0 Å². The summed E-state index contributed by atoms with van der Waals surface area (Å²) in [5.74, 6) is 1.10. The molecule has 0 radical (unpaired) electrons. The molecule has 1 fully saturated rings. The van der Waals surface area contributed by atoms with Gasteiger partial charge in [-0.05, 0) is 46.2 Å². The summed E-state index contributed by atoms with van der Waals surface area (Å²) in [4.78, 5) is 25.8. The Kier molecular flexibility index (Phi) is 9.11. The normalized spacial score (nSPS) is 17.1. The molecular formula is C28H36FN9O6S. The van der Waals surface area contributed by atoms with E-state index in [0.717, 1.165) is 0 Å². The number of amides is 1. The summed E-state index contributed by atoms with van der Waals surface area (Å²) in [6.07, 6.45) is 1.53. The number of hydrogen-bond acceptors (Lipinski definition) is 12. The highest BCUT2D eigenvalue weighted by Gasteiger charge is 2.36. The maximum Gasteiger partial charge on any atom is 0.408 e. The number of nitrogens with one attached hydrogen (secondary N) is 2. The van der Waals surface area contributed by atoms with E-state index in [9.17, 15) is 13.2 Å². The van der Waals surface area contributed by atoms with Crippen molar-refractivity contribution in [2.24, 2.45) is 0 Å². The van der Waals surface area contributed by atoms with Crippen LogP contribution < -0.4 is 20.4 Å². The van der Waals surface area contributed by atoms with Crippen LogP contribution in [0.3, 0.4) is 0 Å². The quantitative estimate of drug-likeness (QED) is 0.181. The smallest absolute Gasteiger partial charge is 0.408 e. The molecule has 5 rings (SSSR count). The fourth-order valence-corrected chi connectivity index (χ4v) is 5.73. The Bertz CT molecular complexity index is 1760. The highest BCUT2D eigenvalue weighted by molar-refractivity contribution is 7.86. The fourth-order valence-electron chi connectivity index (χ4n) is 4.77. The number of aryl methyl sites for hydroxylation is 2. The maximum absolute atomic E-state index is 15.1. The van der Waals surface area contributed by atoms with Crippen LogP contribution in [0.1, 0.15) is 33.0 Å². The van der Waals surface area contributed by atoms with Crippen LogP contribution in [0.2, 0.25) is 0 Å². The molecule has 45 heavy (non-hydrogen) atoms. The zero-order chi connectivity index (χ0) is 32.4. The van der Waals surface area contributed by atoms with Gasteiger partial charge in [0.05, 0.1) is 43.9 Å². The molecular weight excluding hydrogens is 609 g/mol. The summed E-state index contributed by atoms with van der Waals surface area (Å²) in [6.45, 7) is 7.39. The average molecular weight is 646 g/mol. The Labute approximate surface area is 259 Å². The van der Waals surface area contributed by atoms with Gasteiger partial charge in [0, 0.05) is 6.54 Å². The van der Waals surface area contributed by atoms with Gasteiger partial charge in [0.1, 0.15) is 29.6 Å². The zero-order valence-electron chi connectivity index (χ0n) is 25.6. The standard InChI is InChI=1S/C28H36FN9O6S/c1-18-31-24-23(38(17-30-24)37-14-20(29)21(16-37)34-27(39)44-28(2,3)4)25(32-18)33-22-15-36(35-26(22)42-5)12-9-13-43-45(40,41)19-10-7-6-8-11-19/h6-8,10-11,15,17,20-21H,9,12-14,16H2,1-5H3,(H,34,39)(H,31,32,33)/t20-,21-/m1/s1. The molecule has 2 atom stereocenters. The van der Waals surface area contributed by atoms with E-state index in [-0.39, 0.29) is 30.5 Å². The van der Waals surface area contributed by atoms with Gasteiger partial charge in [-0.2, -0.15) is 8.42 Å². The number of anilines is 2. The van der Waals surface area contributed by atoms with Crippen LogP contribution in [0.15, 0.2) is 47.8 Å². The molecule has 2 N–H and O–H groups in total. The second kappa shape index (κ2) is 12.8. The number of methoxy groups -OCH3 is 1. The number of alkyl halides is 1. The fraction of sp³-hybridized carbons (Fsp3) is 0.464. The molecule has 0 bridgehead atoms. The second-order valence-electron chi connectivity index (χ2n) is 11.4. The molecule has 1 aliphatic heterocycles. The molecule has 0 spiro atoms. The molecule has 0 unspecified atom stereocenters. The minimum absolute atomic E-state index is 0.0114. The van der Waals surface area contributed by atoms with E-state index in [1.165, 1.54) is 25.6 Å². The summed E-state index contributed by atoms with van der Waals surface area (Å²) in [7, 11) is -2.38. The first-order chi connectivity index (χ1) is 21.3. The van der Waals surface area contributed by atoms with Crippen molar-refractivity contribution in [1.29, 1.82) is 0 Å². The van der Waals surface area contributed by atoms with Gasteiger partial charge in [-0.1, -0.05) is 18.2 Å². The molecule has 3 aromatic heterocycles. The highest BCUT2D eigenvalue weighted by atomic mass is 32.2. The number of halogens is 1. The van der Waals surface area contributed by atoms with Crippen molar-refractivity contribution in [3.8, 4) is 5.88 Å². The van der Waals surface area contributed by atoms with Crippen LogP contribution in [0.4, 0.5) is 20.7 Å². The average Bonchev–Trinajstić information content (AvgIpc) is 3.67. The minimum atomic E-state index is -3.86. The number of ether oxygens (including phenoxy) is 2. The van der Waals surface area contributed by atoms with Gasteiger partial charge in [-0.15, -0.1) is 5.10 Å². The van der Waals surface area contributed by atoms with Gasteiger partial charge >= 0.3 is 6.09 Å². The summed E-state index contributed by atoms with van der Waals surface area (Å²) in [5, 5.41) is 12.0. The minimum Gasteiger partial charge on any atom is -0.478 e. The van der Waals surface area contributed by atoms with Crippen LogP contribution in [0, 0.1) is 6.92 Å². The summed E-state index contributed by atoms with van der Waals surface area (Å²) >= 11 is 0. The Morgan fingerprint density at radius 1 is 1.16 bits per heavy atom. The molecule has 0 aliphatic carbocycles. The van der Waals surface area contributed by atoms with Crippen LogP contribution >= 0.6 is 0 Å².